The average Bonchev–Trinajstić information content (AvgIpc) is 2.75. The number of hydrogen-bond donors (Lipinski definition) is 2. The van der Waals surface area contributed by atoms with Crippen molar-refractivity contribution < 1.29 is 19.4 Å². The first-order valence-electron chi connectivity index (χ1n) is 4.48. The van der Waals surface area contributed by atoms with Gasteiger partial charge in [0.2, 0.25) is 0 Å². The van der Waals surface area contributed by atoms with Gasteiger partial charge in [-0.05, 0) is 13.0 Å². The van der Waals surface area contributed by atoms with Crippen molar-refractivity contribution in [3.05, 3.63) is 0 Å². The number of aliphatic carboxylic acids is 1. The van der Waals surface area contributed by atoms with E-state index in [1.54, 1.807) is 0 Å². The van der Waals surface area contributed by atoms with E-state index in [0.717, 1.165) is 19.5 Å². The summed E-state index contributed by atoms with van der Waals surface area (Å²) in [5, 5.41) is 11.8. The summed E-state index contributed by atoms with van der Waals surface area (Å²) in [5.41, 5.74) is 0. The van der Waals surface area contributed by atoms with Crippen LogP contribution in [0.15, 0.2) is 0 Å². The van der Waals surface area contributed by atoms with Crippen LogP contribution in [0.5, 0.6) is 0 Å². The second kappa shape index (κ2) is 3.61. The Morgan fingerprint density at radius 2 is 2.38 bits per heavy atom. The zero-order valence-electron chi connectivity index (χ0n) is 7.23. The van der Waals surface area contributed by atoms with E-state index in [4.69, 9.17) is 14.6 Å². The monoisotopic (exact) mass is 187 g/mol. The topological polar surface area (TPSA) is 67.8 Å². The van der Waals surface area contributed by atoms with Gasteiger partial charge in [-0.1, -0.05) is 0 Å². The lowest BCUT2D eigenvalue weighted by atomic mass is 10.1. The van der Waals surface area contributed by atoms with Crippen molar-refractivity contribution >= 4 is 5.97 Å². The van der Waals surface area contributed by atoms with E-state index in [9.17, 15) is 4.79 Å². The molecule has 0 bridgehead atoms. The molecule has 2 N–H and O–H groups in total. The number of carboxylic acid groups (broad SMARTS) is 1. The maximum absolute atomic E-state index is 10.5. The number of rotatable bonds is 2. The van der Waals surface area contributed by atoms with Gasteiger partial charge in [0.1, 0.15) is 0 Å². The van der Waals surface area contributed by atoms with Gasteiger partial charge < -0.3 is 19.9 Å². The Morgan fingerprint density at radius 3 is 2.92 bits per heavy atom. The summed E-state index contributed by atoms with van der Waals surface area (Å²) in [6, 6.07) is 0. The number of hydrogen-bond acceptors (Lipinski definition) is 4. The van der Waals surface area contributed by atoms with Crippen LogP contribution in [0, 0.1) is 5.92 Å². The SMILES string of the molecule is O=C(O)C1COC(C2CCNC2)O1. The smallest absolute Gasteiger partial charge is 0.335 e. The predicted molar refractivity (Wildman–Crippen MR) is 43.2 cm³/mol. The third-order valence-corrected chi connectivity index (χ3v) is 2.47. The van der Waals surface area contributed by atoms with Crippen LogP contribution in [0.4, 0.5) is 0 Å². The van der Waals surface area contributed by atoms with E-state index in [1.165, 1.54) is 0 Å². The quantitative estimate of drug-likeness (QED) is 0.605. The largest absolute Gasteiger partial charge is 0.479 e. The Morgan fingerprint density at radius 1 is 1.54 bits per heavy atom. The minimum absolute atomic E-state index is 0.177. The van der Waals surface area contributed by atoms with Gasteiger partial charge in [-0.15, -0.1) is 0 Å². The summed E-state index contributed by atoms with van der Waals surface area (Å²) in [5.74, 6) is -0.627. The first-order chi connectivity index (χ1) is 6.27. The van der Waals surface area contributed by atoms with Crippen molar-refractivity contribution in [1.29, 1.82) is 0 Å². The zero-order valence-corrected chi connectivity index (χ0v) is 7.23. The molecule has 2 aliphatic heterocycles. The Balaban J connectivity index is 1.86. The number of carboxylic acids is 1. The summed E-state index contributed by atoms with van der Waals surface area (Å²) in [7, 11) is 0. The highest BCUT2D eigenvalue weighted by Crippen LogP contribution is 2.23. The van der Waals surface area contributed by atoms with Crippen LogP contribution in [0.25, 0.3) is 0 Å². The molecule has 13 heavy (non-hydrogen) atoms. The Bertz CT molecular complexity index is 202. The van der Waals surface area contributed by atoms with Crippen LogP contribution in [-0.2, 0) is 14.3 Å². The van der Waals surface area contributed by atoms with Crippen LogP contribution in [0.3, 0.4) is 0 Å². The van der Waals surface area contributed by atoms with Gasteiger partial charge in [-0.3, -0.25) is 0 Å². The maximum atomic E-state index is 10.5. The molecule has 0 aromatic carbocycles. The molecule has 0 amide bonds. The first kappa shape index (κ1) is 8.93. The standard InChI is InChI=1S/C8H13NO4/c10-7(11)6-4-12-8(13-6)5-1-2-9-3-5/h5-6,8-9H,1-4H2,(H,10,11). The summed E-state index contributed by atoms with van der Waals surface area (Å²) in [6.45, 7) is 2.00. The molecule has 0 radical (unpaired) electrons. The fourth-order valence-corrected chi connectivity index (χ4v) is 1.71. The summed E-state index contributed by atoms with van der Waals surface area (Å²) in [4.78, 5) is 10.5. The van der Waals surface area contributed by atoms with Gasteiger partial charge in [0.15, 0.2) is 12.4 Å². The average molecular weight is 187 g/mol. The van der Waals surface area contributed by atoms with Gasteiger partial charge in [-0.25, -0.2) is 4.79 Å². The Kier molecular flexibility index (Phi) is 2.48. The van der Waals surface area contributed by atoms with Crippen LogP contribution in [0.2, 0.25) is 0 Å². The summed E-state index contributed by atoms with van der Waals surface area (Å²) < 4.78 is 10.5. The van der Waals surface area contributed by atoms with Crippen LogP contribution >= 0.6 is 0 Å². The number of ether oxygens (including phenoxy) is 2. The lowest BCUT2D eigenvalue weighted by Crippen LogP contribution is -2.27. The molecule has 5 heteroatoms. The van der Waals surface area contributed by atoms with E-state index >= 15 is 0 Å². The highest BCUT2D eigenvalue weighted by Gasteiger charge is 2.37. The molecule has 0 aromatic rings. The van der Waals surface area contributed by atoms with Gasteiger partial charge in [0, 0.05) is 12.5 Å². The van der Waals surface area contributed by atoms with Crippen LogP contribution < -0.4 is 5.32 Å². The van der Waals surface area contributed by atoms with E-state index in [1.807, 2.05) is 0 Å². The van der Waals surface area contributed by atoms with E-state index in [2.05, 4.69) is 5.32 Å². The van der Waals surface area contributed by atoms with Crippen molar-refractivity contribution in [3.8, 4) is 0 Å². The molecule has 2 saturated heterocycles. The third kappa shape index (κ3) is 1.82. The van der Waals surface area contributed by atoms with Crippen molar-refractivity contribution in [3.63, 3.8) is 0 Å². The fraction of sp³-hybridized carbons (Fsp3) is 0.875. The predicted octanol–water partition coefficient (Wildman–Crippen LogP) is -0.578. The van der Waals surface area contributed by atoms with Crippen LogP contribution in [-0.4, -0.2) is 43.2 Å². The number of nitrogens with one attached hydrogen (secondary N) is 1. The normalized spacial score (nSPS) is 39.5. The number of carbonyl (C=O) groups is 1. The first-order valence-corrected chi connectivity index (χ1v) is 4.48. The molecule has 0 spiro atoms. The third-order valence-electron chi connectivity index (χ3n) is 2.47. The van der Waals surface area contributed by atoms with Crippen molar-refractivity contribution in [2.24, 2.45) is 5.92 Å². The van der Waals surface area contributed by atoms with Gasteiger partial charge in [0.05, 0.1) is 6.61 Å². The molecule has 3 atom stereocenters. The minimum atomic E-state index is -0.937. The molecule has 0 aromatic heterocycles. The van der Waals surface area contributed by atoms with Gasteiger partial charge >= 0.3 is 5.97 Å². The fourth-order valence-electron chi connectivity index (χ4n) is 1.71. The van der Waals surface area contributed by atoms with E-state index < -0.39 is 12.1 Å². The Hall–Kier alpha value is -0.650. The molecule has 0 saturated carbocycles. The Labute approximate surface area is 76.0 Å². The van der Waals surface area contributed by atoms with Crippen molar-refractivity contribution in [2.45, 2.75) is 18.8 Å². The van der Waals surface area contributed by atoms with Crippen LogP contribution in [0.1, 0.15) is 6.42 Å². The molecule has 74 valence electrons. The van der Waals surface area contributed by atoms with Crippen molar-refractivity contribution in [1.82, 2.24) is 5.32 Å². The van der Waals surface area contributed by atoms with E-state index in [-0.39, 0.29) is 12.9 Å². The molecule has 2 fully saturated rings. The molecular formula is C8H13NO4. The highest BCUT2D eigenvalue weighted by atomic mass is 16.7. The second-order valence-electron chi connectivity index (χ2n) is 3.42. The molecule has 2 aliphatic rings. The molecule has 5 nitrogen and oxygen atoms in total. The van der Waals surface area contributed by atoms with Gasteiger partial charge in [-0.2, -0.15) is 0 Å². The maximum Gasteiger partial charge on any atom is 0.335 e. The lowest BCUT2D eigenvalue weighted by molar-refractivity contribution is -0.153. The second-order valence-corrected chi connectivity index (χ2v) is 3.42. The zero-order chi connectivity index (χ0) is 9.26. The molecule has 2 rings (SSSR count). The molecule has 0 aliphatic carbocycles. The molecule has 3 unspecified atom stereocenters. The minimum Gasteiger partial charge on any atom is -0.479 e. The van der Waals surface area contributed by atoms with E-state index in [0.29, 0.717) is 5.92 Å². The summed E-state index contributed by atoms with van der Waals surface area (Å²) >= 11 is 0. The molecular weight excluding hydrogens is 174 g/mol. The summed E-state index contributed by atoms with van der Waals surface area (Å²) in [6.07, 6.45) is -0.0986. The highest BCUT2D eigenvalue weighted by molar-refractivity contribution is 5.72. The van der Waals surface area contributed by atoms with Crippen molar-refractivity contribution in [2.75, 3.05) is 19.7 Å². The molecule has 2 heterocycles. The lowest BCUT2D eigenvalue weighted by Gasteiger charge is -2.15. The van der Waals surface area contributed by atoms with Gasteiger partial charge in [0.25, 0.3) is 0 Å².